The Labute approximate surface area is 178 Å². The fourth-order valence-electron chi connectivity index (χ4n) is 3.19. The minimum atomic E-state index is -0.212. The van der Waals surface area contributed by atoms with E-state index in [0.29, 0.717) is 29.8 Å². The zero-order valence-corrected chi connectivity index (χ0v) is 18.0. The van der Waals surface area contributed by atoms with E-state index in [-0.39, 0.29) is 24.1 Å². The van der Waals surface area contributed by atoms with Crippen LogP contribution in [0.25, 0.3) is 0 Å². The van der Waals surface area contributed by atoms with Gasteiger partial charge in [0.15, 0.2) is 12.4 Å². The summed E-state index contributed by atoms with van der Waals surface area (Å²) in [5, 5.41) is 2.72. The zero-order chi connectivity index (χ0) is 21.9. The molecule has 1 heterocycles. The molecule has 6 heteroatoms. The number of amides is 1. The van der Waals surface area contributed by atoms with Gasteiger partial charge < -0.3 is 15.0 Å². The van der Waals surface area contributed by atoms with Crippen molar-refractivity contribution in [2.24, 2.45) is 0 Å². The molecule has 0 atom stereocenters. The van der Waals surface area contributed by atoms with Crippen LogP contribution in [-0.4, -0.2) is 43.3 Å². The number of halogens is 1. The van der Waals surface area contributed by atoms with E-state index >= 15 is 0 Å². The second kappa shape index (κ2) is 12.1. The second-order valence-corrected chi connectivity index (χ2v) is 7.07. The highest BCUT2D eigenvalue weighted by molar-refractivity contribution is 6.00. The summed E-state index contributed by atoms with van der Waals surface area (Å²) in [7, 11) is 2.01. The number of nitrogens with zero attached hydrogens (tertiary/aromatic N) is 1. The molecule has 2 aromatic carbocycles. The van der Waals surface area contributed by atoms with Crippen molar-refractivity contribution in [1.82, 2.24) is 4.90 Å². The van der Waals surface area contributed by atoms with Crippen LogP contribution in [0.1, 0.15) is 49.0 Å². The van der Waals surface area contributed by atoms with E-state index in [9.17, 15) is 14.0 Å². The highest BCUT2D eigenvalue weighted by atomic mass is 19.1. The Morgan fingerprint density at radius 3 is 2.67 bits per heavy atom. The molecule has 0 bridgehead atoms. The van der Waals surface area contributed by atoms with Gasteiger partial charge in [-0.2, -0.15) is 0 Å². The molecule has 0 spiro atoms. The molecule has 1 aliphatic rings. The number of rotatable bonds is 9. The van der Waals surface area contributed by atoms with Crippen LogP contribution >= 0.6 is 0 Å². The van der Waals surface area contributed by atoms with Crippen LogP contribution < -0.4 is 10.1 Å². The van der Waals surface area contributed by atoms with E-state index in [4.69, 9.17) is 4.74 Å². The number of ether oxygens (including phenoxy) is 1. The van der Waals surface area contributed by atoms with E-state index in [0.717, 1.165) is 31.5 Å². The Hall–Kier alpha value is -2.73. The van der Waals surface area contributed by atoms with Crippen molar-refractivity contribution in [3.63, 3.8) is 0 Å². The molecule has 162 valence electrons. The van der Waals surface area contributed by atoms with E-state index in [2.05, 4.69) is 10.2 Å². The van der Waals surface area contributed by atoms with Crippen LogP contribution in [0.15, 0.2) is 42.5 Å². The Morgan fingerprint density at radius 1 is 1.13 bits per heavy atom. The van der Waals surface area contributed by atoms with Crippen molar-refractivity contribution in [3.8, 4) is 5.75 Å². The van der Waals surface area contributed by atoms with Gasteiger partial charge in [-0.15, -0.1) is 0 Å². The van der Waals surface area contributed by atoms with Crippen molar-refractivity contribution in [2.45, 2.75) is 39.5 Å². The monoisotopic (exact) mass is 414 g/mol. The number of anilines is 1. The topological polar surface area (TPSA) is 58.6 Å². The molecule has 1 N–H and O–H groups in total. The molecule has 0 saturated heterocycles. The van der Waals surface area contributed by atoms with Crippen molar-refractivity contribution in [2.75, 3.05) is 32.1 Å². The summed E-state index contributed by atoms with van der Waals surface area (Å²) in [5.41, 5.74) is 1.86. The number of ketones is 1. The molecule has 2 aromatic rings. The van der Waals surface area contributed by atoms with Crippen LogP contribution in [-0.2, 0) is 11.2 Å². The number of fused-ring (bicyclic) bond motifs is 1. The summed E-state index contributed by atoms with van der Waals surface area (Å²) >= 11 is 0. The Kier molecular flexibility index (Phi) is 9.48. The average Bonchev–Trinajstić information content (AvgIpc) is 2.77. The van der Waals surface area contributed by atoms with Crippen molar-refractivity contribution in [1.29, 1.82) is 0 Å². The Bertz CT molecular complexity index is 854. The lowest BCUT2D eigenvalue weighted by Gasteiger charge is -2.18. The summed E-state index contributed by atoms with van der Waals surface area (Å²) in [6.07, 6.45) is 2.80. The number of carbonyl (C=O) groups is 2. The summed E-state index contributed by atoms with van der Waals surface area (Å²) in [6.45, 7) is 5.64. The number of likely N-dealkylation sites (N-methyl/N-ethyl adjacent to an activating group) is 1. The van der Waals surface area contributed by atoms with Crippen molar-refractivity contribution < 1.29 is 18.7 Å². The first-order valence-electron chi connectivity index (χ1n) is 10.5. The quantitative estimate of drug-likeness (QED) is 0.477. The van der Waals surface area contributed by atoms with E-state index in [1.807, 2.05) is 33.0 Å². The molecule has 30 heavy (non-hydrogen) atoms. The summed E-state index contributed by atoms with van der Waals surface area (Å²) in [6, 6.07) is 12.0. The van der Waals surface area contributed by atoms with Gasteiger partial charge >= 0.3 is 0 Å². The van der Waals surface area contributed by atoms with Crippen LogP contribution in [0.2, 0.25) is 0 Å². The normalized spacial score (nSPS) is 12.4. The molecule has 0 unspecified atom stereocenters. The molecule has 0 saturated carbocycles. The van der Waals surface area contributed by atoms with E-state index in [1.165, 1.54) is 6.07 Å². The number of hydrogen-bond donors (Lipinski definition) is 1. The average molecular weight is 415 g/mol. The van der Waals surface area contributed by atoms with Gasteiger partial charge in [0.1, 0.15) is 11.6 Å². The Morgan fingerprint density at radius 2 is 1.90 bits per heavy atom. The van der Waals surface area contributed by atoms with E-state index < -0.39 is 0 Å². The summed E-state index contributed by atoms with van der Waals surface area (Å²) < 4.78 is 18.9. The predicted octanol–water partition coefficient (Wildman–Crippen LogP) is 4.71. The zero-order valence-electron chi connectivity index (χ0n) is 18.0. The van der Waals surface area contributed by atoms with Crippen LogP contribution in [0.5, 0.6) is 5.75 Å². The van der Waals surface area contributed by atoms with Gasteiger partial charge in [-0.05, 0) is 62.7 Å². The highest BCUT2D eigenvalue weighted by Gasteiger charge is 2.17. The molecule has 3 rings (SSSR count). The van der Waals surface area contributed by atoms with Gasteiger partial charge in [-0.25, -0.2) is 4.39 Å². The van der Waals surface area contributed by atoms with Crippen molar-refractivity contribution in [3.05, 3.63) is 59.4 Å². The van der Waals surface area contributed by atoms with Gasteiger partial charge in [-0.1, -0.05) is 32.0 Å². The lowest BCUT2D eigenvalue weighted by Crippen LogP contribution is -2.25. The summed E-state index contributed by atoms with van der Waals surface area (Å²) in [5.74, 6) is 0.271. The SMILES string of the molecule is CC.CN(CCCCC(=O)c1ccc2c(c1)NC(=O)CO2)CCc1ccccc1F. The molecule has 0 aromatic heterocycles. The van der Waals surface area contributed by atoms with Gasteiger partial charge in [0.2, 0.25) is 0 Å². The van der Waals surface area contributed by atoms with Gasteiger partial charge in [0.05, 0.1) is 5.69 Å². The number of hydrogen-bond acceptors (Lipinski definition) is 4. The largest absolute Gasteiger partial charge is 0.482 e. The highest BCUT2D eigenvalue weighted by Crippen LogP contribution is 2.29. The van der Waals surface area contributed by atoms with Crippen molar-refractivity contribution >= 4 is 17.4 Å². The first kappa shape index (κ1) is 23.5. The first-order valence-corrected chi connectivity index (χ1v) is 10.5. The third kappa shape index (κ3) is 6.95. The third-order valence-electron chi connectivity index (χ3n) is 4.85. The maximum atomic E-state index is 13.6. The number of carbonyl (C=O) groups excluding carboxylic acids is 2. The predicted molar refractivity (Wildman–Crippen MR) is 118 cm³/mol. The van der Waals surface area contributed by atoms with E-state index in [1.54, 1.807) is 24.3 Å². The standard InChI is InChI=1S/C22H25FN2O3.C2H6/c1-25(13-11-16-6-2-3-7-18(16)23)12-5-4-8-20(26)17-9-10-21-19(14-17)24-22(27)15-28-21;1-2/h2-3,6-7,9-10,14H,4-5,8,11-13,15H2,1H3,(H,24,27);1-2H3. The molecular weight excluding hydrogens is 383 g/mol. The number of benzene rings is 2. The number of unbranched alkanes of at least 4 members (excludes halogenated alkanes) is 1. The van der Waals surface area contributed by atoms with Crippen LogP contribution in [0.3, 0.4) is 0 Å². The lowest BCUT2D eigenvalue weighted by atomic mass is 10.0. The molecular formula is C24H31FN2O3. The van der Waals surface area contributed by atoms with Gasteiger partial charge in [0.25, 0.3) is 5.91 Å². The molecule has 5 nitrogen and oxygen atoms in total. The molecule has 0 aliphatic carbocycles. The smallest absolute Gasteiger partial charge is 0.262 e. The molecule has 0 fully saturated rings. The summed E-state index contributed by atoms with van der Waals surface area (Å²) in [4.78, 5) is 25.9. The third-order valence-corrected chi connectivity index (χ3v) is 4.85. The molecule has 1 amide bonds. The van der Waals surface area contributed by atoms with Gasteiger partial charge in [-0.3, -0.25) is 9.59 Å². The maximum Gasteiger partial charge on any atom is 0.262 e. The number of nitrogens with one attached hydrogen (secondary N) is 1. The molecule has 1 aliphatic heterocycles. The Balaban J connectivity index is 0.00000155. The molecule has 0 radical (unpaired) electrons. The fraction of sp³-hybridized carbons (Fsp3) is 0.417. The minimum Gasteiger partial charge on any atom is -0.482 e. The second-order valence-electron chi connectivity index (χ2n) is 7.07. The number of Topliss-reactive ketones (excluding diaryl/α,β-unsaturated/α-hetero) is 1. The van der Waals surface area contributed by atoms with Crippen LogP contribution in [0, 0.1) is 5.82 Å². The van der Waals surface area contributed by atoms with Crippen LogP contribution in [0.4, 0.5) is 10.1 Å². The fourth-order valence-corrected chi connectivity index (χ4v) is 3.19. The lowest BCUT2D eigenvalue weighted by molar-refractivity contribution is -0.118. The minimum absolute atomic E-state index is 0.00469. The van der Waals surface area contributed by atoms with Gasteiger partial charge in [0, 0.05) is 18.5 Å². The first-order chi connectivity index (χ1) is 14.5. The maximum absolute atomic E-state index is 13.6.